The van der Waals surface area contributed by atoms with Crippen molar-refractivity contribution in [2.45, 2.75) is 297 Å². The molecule has 16 bridgehead atoms. The molecule has 30 aliphatic rings. The molecule has 30 rings (SSSR count). The van der Waals surface area contributed by atoms with Gasteiger partial charge in [0.2, 0.25) is 0 Å². The molecule has 30 fully saturated rings. The summed E-state index contributed by atoms with van der Waals surface area (Å²) in [7, 11) is 0. The molecule has 0 aromatic carbocycles. The average molecular weight is 2190 g/mol. The van der Waals surface area contributed by atoms with Gasteiger partial charge in [-0.1, -0.05) is 0 Å². The van der Waals surface area contributed by atoms with Crippen LogP contribution in [-0.2, 0) is 114 Å². The first-order chi connectivity index (χ1) is 58.2. The Kier molecular flexibility index (Phi) is 93.6. The van der Waals surface area contributed by atoms with E-state index in [0.29, 0.717) is 0 Å². The molecule has 0 aromatic rings. The van der Waals surface area contributed by atoms with Gasteiger partial charge in [0.15, 0.2) is 50.3 Å². The first kappa shape index (κ1) is 155. The van der Waals surface area contributed by atoms with E-state index in [-0.39, 0.29) is 412 Å². The molecule has 750 valence electrons. The fraction of sp³-hybridized carbons (Fsp3) is 0.889. The molecule has 40 unspecified atom stereocenters. The number of aliphatic hydroxyl groups excluding tert-OH is 16. The molecule has 0 saturated carbocycles. The van der Waals surface area contributed by atoms with Gasteiger partial charge in [0.1, 0.15) is 146 Å². The van der Waals surface area contributed by atoms with Gasteiger partial charge in [-0.2, -0.15) is 94.1 Å². The maximum absolute atomic E-state index is 12.2. The molecule has 136 heavy (non-hydrogen) atoms. The standard InChI is InChI=1S/C72H105O41S8.8Na.7H2O/c73-9-1-16-114-24-32-57-41(82)49(90)65(98-32)107-58-33(25-115-17-2-10-74)100-67(51(92)43(58)84)109-60-35(27-117-19-4-12-76)102-69(53(94)45(60)86)111-62-37(29-119-21-6-14-78)104-71(55(96)47(62)88)113-64-39(31-121-23-8-40(80)81)105-72(56(97)48(64)89)112-63-38(30-120-22-7-15-79)103-70(54(95)46(63)87)110-61-36(28-118-20-5-13-77)101-68(52(93)44(61)85)108-59-34(26-116-18-3-11-75)99-66(106-57)50(91)42(59)83;;;;;;;;;;;;;;;/h32-39,41-72,82-97H,1-8,16-31H2,(H,80,81);;;;;;;;;7*1H2/q-7;8*+1;;;;;;;/p-8. The number of carboxylic acid groups (broad SMARTS) is 1. The Hall–Kier alpha value is 6.40. The summed E-state index contributed by atoms with van der Waals surface area (Å²) in [6, 6.07) is 0. The van der Waals surface area contributed by atoms with Gasteiger partial charge in [0.25, 0.3) is 0 Å². The van der Waals surface area contributed by atoms with Crippen LogP contribution in [0.4, 0.5) is 0 Å². The van der Waals surface area contributed by atoms with Crippen LogP contribution in [0, 0.1) is 0 Å². The Labute approximate surface area is 995 Å². The van der Waals surface area contributed by atoms with E-state index in [4.69, 9.17) is 75.8 Å². The van der Waals surface area contributed by atoms with Crippen molar-refractivity contribution < 1.29 is 476 Å². The largest absolute Gasteiger partial charge is 1.00 e. The van der Waals surface area contributed by atoms with Crippen LogP contribution in [0.5, 0.6) is 0 Å². The molecule has 23 N–H and O–H groups in total. The van der Waals surface area contributed by atoms with Crippen molar-refractivity contribution in [2.24, 2.45) is 0 Å². The Bertz CT molecular complexity index is 3010. The summed E-state index contributed by atoms with van der Waals surface area (Å²) in [6.45, 7) is 0. The van der Waals surface area contributed by atoms with Gasteiger partial charge in [-0.25, -0.2) is 0 Å². The Morgan fingerprint density at radius 2 is 0.309 bits per heavy atom. The minimum absolute atomic E-state index is 0. The molecule has 0 spiro atoms. The second-order valence-corrected chi connectivity index (χ2v) is 38.2. The summed E-state index contributed by atoms with van der Waals surface area (Å²) < 4.78 is 101. The van der Waals surface area contributed by atoms with Gasteiger partial charge in [0.05, 0.1) is 48.8 Å². The summed E-state index contributed by atoms with van der Waals surface area (Å²) in [5.41, 5.74) is 0. The zero-order chi connectivity index (χ0) is 87.6. The molecule has 30 aliphatic heterocycles. The van der Waals surface area contributed by atoms with E-state index in [2.05, 4.69) is 0 Å². The van der Waals surface area contributed by atoms with Crippen LogP contribution in [-0.4, -0.2) is 508 Å². The fourth-order valence-electron chi connectivity index (χ4n) is 14.3. The van der Waals surface area contributed by atoms with Crippen LogP contribution < -0.4 is 242 Å². The second kappa shape index (κ2) is 82.0. The average Bonchev–Trinajstić information content (AvgIpc) is 0.767. The van der Waals surface area contributed by atoms with E-state index >= 15 is 0 Å². The summed E-state index contributed by atoms with van der Waals surface area (Å²) in [5, 5.41) is 206. The smallest absolute Gasteiger partial charge is 0.870 e. The molecular formula is C72H111Na8O48S8-7. The van der Waals surface area contributed by atoms with E-state index in [9.17, 15) is 125 Å². The predicted molar refractivity (Wildman–Crippen MR) is 438 cm³/mol. The third kappa shape index (κ3) is 44.6. The normalized spacial score (nSPS) is 38.4. The second-order valence-electron chi connectivity index (χ2n) is 29.0. The molecule has 0 radical (unpaired) electrons. The number of aliphatic carboxylic acids is 1. The van der Waals surface area contributed by atoms with Gasteiger partial charge in [-0.05, 0) is 52.4 Å². The van der Waals surface area contributed by atoms with E-state index in [0.717, 1.165) is 94.1 Å². The van der Waals surface area contributed by atoms with E-state index in [1.54, 1.807) is 44.0 Å². The molecular weight excluding hydrogens is 2070 g/mol. The van der Waals surface area contributed by atoms with Crippen molar-refractivity contribution in [3.05, 3.63) is 0 Å². The number of aliphatic hydroxyl groups is 16. The van der Waals surface area contributed by atoms with Crippen LogP contribution in [0.1, 0.15) is 51.4 Å². The molecule has 30 saturated heterocycles. The minimum atomic E-state index is -2.24. The van der Waals surface area contributed by atoms with Crippen LogP contribution >= 0.6 is 94.1 Å². The monoisotopic (exact) mass is 2180 g/mol. The van der Waals surface area contributed by atoms with Gasteiger partial charge >= 0.3 is 236 Å². The molecule has 30 heterocycles. The van der Waals surface area contributed by atoms with Gasteiger partial charge in [-0.15, -0.1) is 44.9 Å². The van der Waals surface area contributed by atoms with Crippen LogP contribution in [0.15, 0.2) is 0 Å². The molecule has 64 heteroatoms. The van der Waals surface area contributed by atoms with E-state index < -0.39 is 258 Å². The van der Waals surface area contributed by atoms with Crippen molar-refractivity contribution in [1.29, 1.82) is 0 Å². The van der Waals surface area contributed by atoms with Crippen LogP contribution in [0.2, 0.25) is 0 Å². The maximum atomic E-state index is 12.2. The number of hydrogen-bond donors (Lipinski definition) is 16. The number of carbonyl (C=O) groups excluding carboxylic acids is 8. The zero-order valence-electron chi connectivity index (χ0n) is 75.8. The summed E-state index contributed by atoms with van der Waals surface area (Å²) in [5.74, 6) is -2.93. The van der Waals surface area contributed by atoms with E-state index in [1.165, 1.54) is 0 Å². The van der Waals surface area contributed by atoms with Gasteiger partial charge in [-0.3, -0.25) is 44.0 Å². The van der Waals surface area contributed by atoms with Crippen molar-refractivity contribution in [1.82, 2.24) is 0 Å². The minimum Gasteiger partial charge on any atom is -0.870 e. The maximum Gasteiger partial charge on any atom is 1.00 e. The third-order valence-corrected chi connectivity index (χ3v) is 29.1. The third-order valence-electron chi connectivity index (χ3n) is 20.6. The Morgan fingerprint density at radius 1 is 0.199 bits per heavy atom. The molecule has 40 atom stereocenters. The quantitative estimate of drug-likeness (QED) is 0.0154. The SMILES string of the molecule is O=[C-]CCSCC1OC2OC3C(CSCC[C-]=O)OC(OC4C(CSCC[C-]=O)OC(OC5C(CSCC[C-]=O)OC(OC6C(CSCCC(=O)[O-])OC(OC7C(CSCC[C-]=O)OC(OC8C(CSCC[C-]=O)OC(OC9C(CSCC[C-]=O)OC(OC1C(O)C2O)C(O)C9O)C(O)C8O)C(O)C7O)C(O)C6O)C(O)C5O)C(O)C4O)C(O)C3O.[Na+].[Na+].[Na+].[Na+].[Na+].[Na+].[Na+].[Na+].[OH-].[OH-].[OH-].[OH-].[OH-].[OH-].[OH-]. The van der Waals surface area contributed by atoms with Crippen molar-refractivity contribution in [3.8, 4) is 0 Å². The van der Waals surface area contributed by atoms with Crippen LogP contribution in [0.3, 0.4) is 0 Å². The van der Waals surface area contributed by atoms with Crippen molar-refractivity contribution in [2.75, 3.05) is 92.0 Å². The van der Waals surface area contributed by atoms with Crippen molar-refractivity contribution >= 4 is 144 Å². The summed E-state index contributed by atoms with van der Waals surface area (Å²) >= 11 is 8.24. The fourth-order valence-corrected chi connectivity index (χ4v) is 21.6. The number of carbonyl (C=O) groups is 1. The molecule has 0 aliphatic carbocycles. The van der Waals surface area contributed by atoms with E-state index in [1.807, 2.05) is 0 Å². The van der Waals surface area contributed by atoms with Crippen LogP contribution in [0.25, 0.3) is 0 Å². The Balaban J connectivity index is -0.00000222. The molecule has 0 amide bonds. The summed E-state index contributed by atoms with van der Waals surface area (Å²) in [6.07, 6.45) is -66.3. The zero-order valence-corrected chi connectivity index (χ0v) is 98.4. The molecule has 48 nitrogen and oxygen atoms in total. The number of ether oxygens (including phenoxy) is 16. The predicted octanol–water partition coefficient (Wildman–Crippen LogP) is -34.0. The number of carboxylic acids is 1. The molecule has 0 aromatic heterocycles. The van der Waals surface area contributed by atoms with Gasteiger partial charge < -0.3 is 239 Å². The topological polar surface area (TPSA) is 841 Å². The Morgan fingerprint density at radius 3 is 0.412 bits per heavy atom. The van der Waals surface area contributed by atoms with Crippen molar-refractivity contribution in [3.63, 3.8) is 0 Å². The first-order valence-corrected chi connectivity index (χ1v) is 48.1. The number of hydrogen-bond acceptors (Lipinski definition) is 56. The first-order valence-electron chi connectivity index (χ1n) is 38.9. The number of thioether (sulfide) groups is 8. The van der Waals surface area contributed by atoms with Gasteiger partial charge in [0, 0.05) is 52.0 Å². The summed E-state index contributed by atoms with van der Waals surface area (Å²) in [4.78, 5) is 91.8. The number of rotatable bonds is 40.